The minimum Gasteiger partial charge on any atom is -0.306 e. The maximum absolute atomic E-state index is 13.8. The highest BCUT2D eigenvalue weighted by Crippen LogP contribution is 2.30. The molecule has 2 amide bonds. The van der Waals surface area contributed by atoms with E-state index in [-0.39, 0.29) is 11.8 Å². The van der Waals surface area contributed by atoms with Gasteiger partial charge < -0.3 is 10.6 Å². The van der Waals surface area contributed by atoms with Gasteiger partial charge in [0.1, 0.15) is 11.6 Å². The number of benzene rings is 4. The van der Waals surface area contributed by atoms with Crippen molar-refractivity contribution in [3.05, 3.63) is 149 Å². The second kappa shape index (κ2) is 12.5. The molecule has 0 aliphatic heterocycles. The van der Waals surface area contributed by atoms with Gasteiger partial charge in [0.05, 0.1) is 33.5 Å². The average molecular weight is 628 g/mol. The van der Waals surface area contributed by atoms with Gasteiger partial charge >= 0.3 is 0 Å². The molecule has 0 bridgehead atoms. The van der Waals surface area contributed by atoms with Gasteiger partial charge in [0, 0.05) is 21.9 Å². The lowest BCUT2D eigenvalue weighted by atomic mass is 9.99. The molecule has 0 fully saturated rings. The van der Waals surface area contributed by atoms with Crippen LogP contribution in [-0.2, 0) is 0 Å². The topological polar surface area (TPSA) is 96.9 Å². The summed E-state index contributed by atoms with van der Waals surface area (Å²) in [4.78, 5) is 41.9. The van der Waals surface area contributed by atoms with Gasteiger partial charge in [-0.25, -0.2) is 15.0 Å². The number of hydrogen-bond donors (Lipinski definition) is 2. The van der Waals surface area contributed by atoms with Crippen molar-refractivity contribution in [2.24, 2.45) is 0 Å². The van der Waals surface area contributed by atoms with Gasteiger partial charge in [-0.3, -0.25) is 9.59 Å². The average Bonchev–Trinajstić information content (AvgIpc) is 3.07. The van der Waals surface area contributed by atoms with E-state index < -0.39 is 0 Å². The second-order valence-electron chi connectivity index (χ2n) is 12.1. The Hall–Kier alpha value is -6.21. The molecule has 0 aliphatic rings. The Morgan fingerprint density at radius 1 is 0.479 bits per heavy atom. The fourth-order valence-corrected chi connectivity index (χ4v) is 6.15. The van der Waals surface area contributed by atoms with Crippen LogP contribution in [0.1, 0.15) is 43.0 Å². The molecule has 0 spiro atoms. The third-order valence-electron chi connectivity index (χ3n) is 8.47. The van der Waals surface area contributed by atoms with Crippen LogP contribution >= 0.6 is 0 Å². The molecule has 7 nitrogen and oxygen atoms in total. The predicted molar refractivity (Wildman–Crippen MR) is 193 cm³/mol. The van der Waals surface area contributed by atoms with Crippen molar-refractivity contribution in [2.45, 2.75) is 27.7 Å². The summed E-state index contributed by atoms with van der Waals surface area (Å²) >= 11 is 0. The smallest absolute Gasteiger partial charge is 0.257 e. The zero-order chi connectivity index (χ0) is 33.4. The molecule has 4 aromatic carbocycles. The number of fused-ring (bicyclic) bond motifs is 2. The molecular weight excluding hydrogens is 594 g/mol. The molecule has 0 unspecified atom stereocenters. The standard InChI is InChI=1S/C41H33N5O2/c1-24-16-18-28(26(3)20-24)36-22-32(30-10-5-7-12-34(30)42-36)40(47)45-38-14-9-15-39(44-38)46-41(48)33-23-37(29-19-17-25(2)21-27(29)4)43-35-13-8-6-11-31(33)35/h5-23H,1-4H3,(H2,44,45,46,47,48). The molecular formula is C41H33N5O2. The Bertz CT molecular complexity index is 2230. The number of anilines is 2. The number of aromatic nitrogens is 3. The summed E-state index contributed by atoms with van der Waals surface area (Å²) in [5, 5.41) is 7.34. The highest BCUT2D eigenvalue weighted by molar-refractivity contribution is 6.14. The number of carbonyl (C=O) groups is 2. The zero-order valence-electron chi connectivity index (χ0n) is 27.1. The summed E-state index contributed by atoms with van der Waals surface area (Å²) in [7, 11) is 0. The SMILES string of the molecule is Cc1ccc(-c2cc(C(=O)Nc3cccc(NC(=O)c4cc(-c5ccc(C)cc5C)nc5ccccc45)n3)c3ccccc3n2)c(C)c1. The minimum absolute atomic E-state index is 0.308. The number of hydrogen-bond acceptors (Lipinski definition) is 5. The first kappa shape index (κ1) is 30.4. The molecule has 7 aromatic rings. The molecule has 3 heterocycles. The Balaban J connectivity index is 1.19. The van der Waals surface area contributed by atoms with Crippen LogP contribution in [0.4, 0.5) is 11.6 Å². The molecule has 7 heteroatoms. The maximum atomic E-state index is 13.8. The van der Waals surface area contributed by atoms with Crippen LogP contribution < -0.4 is 10.6 Å². The van der Waals surface area contributed by atoms with Crippen molar-refractivity contribution in [3.63, 3.8) is 0 Å². The zero-order valence-corrected chi connectivity index (χ0v) is 27.1. The van der Waals surface area contributed by atoms with Gasteiger partial charge in [-0.05, 0) is 75.2 Å². The van der Waals surface area contributed by atoms with E-state index >= 15 is 0 Å². The highest BCUT2D eigenvalue weighted by Gasteiger charge is 2.18. The van der Waals surface area contributed by atoms with E-state index in [1.807, 2.05) is 98.8 Å². The Kier molecular flexibility index (Phi) is 7.95. The molecule has 0 saturated carbocycles. The Morgan fingerprint density at radius 2 is 0.917 bits per heavy atom. The van der Waals surface area contributed by atoms with Crippen molar-refractivity contribution in [1.29, 1.82) is 0 Å². The van der Waals surface area contributed by atoms with Crippen LogP contribution in [0.15, 0.2) is 115 Å². The third-order valence-corrected chi connectivity index (χ3v) is 8.47. The van der Waals surface area contributed by atoms with Crippen molar-refractivity contribution in [2.75, 3.05) is 10.6 Å². The van der Waals surface area contributed by atoms with Gasteiger partial charge in [0.25, 0.3) is 11.8 Å². The summed E-state index contributed by atoms with van der Waals surface area (Å²) < 4.78 is 0. The predicted octanol–water partition coefficient (Wildman–Crippen LogP) is 9.25. The molecule has 3 aromatic heterocycles. The van der Waals surface area contributed by atoms with Gasteiger partial charge in [-0.15, -0.1) is 0 Å². The van der Waals surface area contributed by atoms with Crippen LogP contribution in [0.25, 0.3) is 44.3 Å². The van der Waals surface area contributed by atoms with Crippen LogP contribution in [0.5, 0.6) is 0 Å². The second-order valence-corrected chi connectivity index (χ2v) is 12.1. The van der Waals surface area contributed by atoms with Crippen LogP contribution in [0.3, 0.4) is 0 Å². The van der Waals surface area contributed by atoms with Gasteiger partial charge in [-0.1, -0.05) is 90.0 Å². The van der Waals surface area contributed by atoms with Crippen molar-refractivity contribution in [3.8, 4) is 22.5 Å². The normalized spacial score (nSPS) is 11.1. The lowest BCUT2D eigenvalue weighted by Crippen LogP contribution is -2.17. The number of rotatable bonds is 6. The fraction of sp³-hybridized carbons (Fsp3) is 0.0976. The maximum Gasteiger partial charge on any atom is 0.257 e. The Labute approximate surface area is 278 Å². The van der Waals surface area contributed by atoms with Crippen LogP contribution in [-0.4, -0.2) is 26.8 Å². The molecule has 234 valence electrons. The van der Waals surface area contributed by atoms with E-state index in [0.717, 1.165) is 66.6 Å². The van der Waals surface area contributed by atoms with E-state index in [2.05, 4.69) is 41.6 Å². The number of pyridine rings is 3. The van der Waals surface area contributed by atoms with E-state index in [4.69, 9.17) is 9.97 Å². The molecule has 0 radical (unpaired) electrons. The van der Waals surface area contributed by atoms with Crippen LogP contribution in [0.2, 0.25) is 0 Å². The first-order chi connectivity index (χ1) is 23.2. The largest absolute Gasteiger partial charge is 0.306 e. The van der Waals surface area contributed by atoms with Crippen molar-refractivity contribution < 1.29 is 9.59 Å². The van der Waals surface area contributed by atoms with Gasteiger partial charge in [0.2, 0.25) is 0 Å². The summed E-state index contributed by atoms with van der Waals surface area (Å²) in [5.74, 6) is -0.0349. The van der Waals surface area contributed by atoms with E-state index in [1.54, 1.807) is 18.2 Å². The number of nitrogens with zero attached hydrogens (tertiary/aromatic N) is 3. The summed E-state index contributed by atoms with van der Waals surface area (Å²) in [6.45, 7) is 8.19. The number of nitrogens with one attached hydrogen (secondary N) is 2. The number of para-hydroxylation sites is 2. The first-order valence-electron chi connectivity index (χ1n) is 15.8. The van der Waals surface area contributed by atoms with E-state index in [0.29, 0.717) is 22.8 Å². The number of carbonyl (C=O) groups excluding carboxylic acids is 2. The summed E-state index contributed by atoms with van der Waals surface area (Å²) in [5.41, 5.74) is 10.2. The van der Waals surface area contributed by atoms with E-state index in [1.165, 1.54) is 0 Å². The van der Waals surface area contributed by atoms with Crippen LogP contribution in [0, 0.1) is 27.7 Å². The molecule has 0 atom stereocenters. The lowest BCUT2D eigenvalue weighted by Gasteiger charge is -2.13. The minimum atomic E-state index is -0.325. The quantitative estimate of drug-likeness (QED) is 0.192. The monoisotopic (exact) mass is 627 g/mol. The van der Waals surface area contributed by atoms with Crippen molar-refractivity contribution in [1.82, 2.24) is 15.0 Å². The summed E-state index contributed by atoms with van der Waals surface area (Å²) in [6.07, 6.45) is 0. The number of amides is 2. The van der Waals surface area contributed by atoms with Crippen molar-refractivity contribution >= 4 is 45.3 Å². The molecule has 7 rings (SSSR count). The molecule has 2 N–H and O–H groups in total. The summed E-state index contributed by atoms with van der Waals surface area (Å²) in [6, 6.07) is 36.3. The lowest BCUT2D eigenvalue weighted by molar-refractivity contribution is 0.102. The molecule has 0 saturated heterocycles. The Morgan fingerprint density at radius 3 is 1.35 bits per heavy atom. The van der Waals surface area contributed by atoms with E-state index in [9.17, 15) is 9.59 Å². The highest BCUT2D eigenvalue weighted by atomic mass is 16.2. The van der Waals surface area contributed by atoms with Gasteiger partial charge in [0.15, 0.2) is 0 Å². The van der Waals surface area contributed by atoms with Gasteiger partial charge in [-0.2, -0.15) is 0 Å². The third kappa shape index (κ3) is 6.01. The number of aryl methyl sites for hydroxylation is 4. The first-order valence-corrected chi connectivity index (χ1v) is 15.8. The fourth-order valence-electron chi connectivity index (χ4n) is 6.15. The molecule has 0 aliphatic carbocycles. The molecule has 48 heavy (non-hydrogen) atoms.